The number of allylic oxidation sites excluding steroid dienone is 5. The van der Waals surface area contributed by atoms with Gasteiger partial charge in [-0.15, -0.1) is 0 Å². The molecule has 0 aromatic carbocycles. The zero-order valence-corrected chi connectivity index (χ0v) is 9.11. The molecule has 0 nitrogen and oxygen atoms in total. The van der Waals surface area contributed by atoms with Gasteiger partial charge in [-0.3, -0.25) is 0 Å². The first kappa shape index (κ1) is 11.0. The molecular weight excluding hydrogens is 223 g/mol. The van der Waals surface area contributed by atoms with Crippen molar-refractivity contribution in [3.8, 4) is 0 Å². The Balaban J connectivity index is 4.30. The Morgan fingerprint density at radius 2 is 2.09 bits per heavy atom. The molecule has 0 amide bonds. The summed E-state index contributed by atoms with van der Waals surface area (Å²) in [6.07, 6.45) is 5.45. The molecule has 0 bridgehead atoms. The monoisotopic (exact) mass is 234 g/mol. The lowest BCUT2D eigenvalue weighted by Gasteiger charge is -2.00. The topological polar surface area (TPSA) is 0 Å². The maximum absolute atomic E-state index is 5.90. The fraction of sp³-hybridized carbons (Fsp3) is 0.333. The van der Waals surface area contributed by atoms with Crippen LogP contribution in [0.1, 0.15) is 13.8 Å². The molecule has 0 saturated heterocycles. The first-order valence-corrected chi connectivity index (χ1v) is 4.60. The van der Waals surface area contributed by atoms with Crippen molar-refractivity contribution < 1.29 is 0 Å². The summed E-state index contributed by atoms with van der Waals surface area (Å²) in [4.78, 5) is 0. The minimum absolute atomic E-state index is 0.377. The third-order valence-electron chi connectivity index (χ3n) is 1.10. The van der Waals surface area contributed by atoms with Crippen molar-refractivity contribution in [2.75, 3.05) is 0 Å². The first-order chi connectivity index (χ1) is 5.07. The van der Waals surface area contributed by atoms with E-state index in [0.717, 1.165) is 9.51 Å². The maximum Gasteiger partial charge on any atom is 0.0217 e. The molecule has 0 aromatic rings. The predicted octanol–water partition coefficient (Wildman–Crippen LogP) is 4.23. The first-order valence-electron chi connectivity index (χ1n) is 3.43. The van der Waals surface area contributed by atoms with Crippen molar-refractivity contribution in [3.63, 3.8) is 0 Å². The van der Waals surface area contributed by atoms with E-state index in [2.05, 4.69) is 22.5 Å². The highest BCUT2D eigenvalue weighted by Gasteiger charge is 1.97. The van der Waals surface area contributed by atoms with Gasteiger partial charge < -0.3 is 0 Å². The Kier molecular flexibility index (Phi) is 5.61. The molecule has 0 atom stereocenters. The molecule has 0 aromatic heterocycles. The summed E-state index contributed by atoms with van der Waals surface area (Å²) in [5, 5.41) is 0.843. The van der Waals surface area contributed by atoms with Crippen molar-refractivity contribution in [3.05, 3.63) is 34.3 Å². The van der Waals surface area contributed by atoms with E-state index in [4.69, 9.17) is 11.6 Å². The molecule has 0 fully saturated rings. The number of rotatable bonds is 3. The second-order valence-corrected chi connectivity index (χ2v) is 3.82. The molecule has 0 unspecified atom stereocenters. The minimum Gasteiger partial charge on any atom is -0.0990 e. The average Bonchev–Trinajstić information content (AvgIpc) is 1.87. The van der Waals surface area contributed by atoms with Crippen LogP contribution < -0.4 is 0 Å². The van der Waals surface area contributed by atoms with Crippen LogP contribution in [0.25, 0.3) is 0 Å². The van der Waals surface area contributed by atoms with E-state index >= 15 is 0 Å². The molecule has 62 valence electrons. The number of hydrogen-bond donors (Lipinski definition) is 0. The van der Waals surface area contributed by atoms with Crippen LogP contribution in [0.5, 0.6) is 0 Å². The van der Waals surface area contributed by atoms with Gasteiger partial charge in [0.05, 0.1) is 0 Å². The Morgan fingerprint density at radius 3 is 2.45 bits per heavy atom. The molecule has 0 aliphatic carbocycles. The Hall–Kier alpha value is -0.0100. The molecular formula is C9H12BrCl. The van der Waals surface area contributed by atoms with Crippen LogP contribution in [0.2, 0.25) is 0 Å². The lowest BCUT2D eigenvalue weighted by molar-refractivity contribution is 0.813. The van der Waals surface area contributed by atoms with E-state index in [1.807, 2.05) is 26.0 Å². The quantitative estimate of drug-likeness (QED) is 0.642. The minimum atomic E-state index is 0.377. The SMILES string of the molecule is C=C/C=C(Br)\C=C(\Cl)C(C)C. The summed E-state index contributed by atoms with van der Waals surface area (Å²) in [5.41, 5.74) is 0. The van der Waals surface area contributed by atoms with Crippen molar-refractivity contribution >= 4 is 27.5 Å². The van der Waals surface area contributed by atoms with Gasteiger partial charge in [0.15, 0.2) is 0 Å². The van der Waals surface area contributed by atoms with Crippen molar-refractivity contribution in [2.45, 2.75) is 13.8 Å². The second-order valence-electron chi connectivity index (χ2n) is 2.47. The van der Waals surface area contributed by atoms with E-state index in [1.54, 1.807) is 6.08 Å². The van der Waals surface area contributed by atoms with Crippen LogP contribution in [0.3, 0.4) is 0 Å². The van der Waals surface area contributed by atoms with Crippen molar-refractivity contribution in [1.82, 2.24) is 0 Å². The highest BCUT2D eigenvalue weighted by atomic mass is 79.9. The van der Waals surface area contributed by atoms with Gasteiger partial charge in [-0.2, -0.15) is 0 Å². The largest absolute Gasteiger partial charge is 0.0990 e. The zero-order chi connectivity index (χ0) is 8.85. The van der Waals surface area contributed by atoms with E-state index in [9.17, 15) is 0 Å². The number of hydrogen-bond acceptors (Lipinski definition) is 0. The van der Waals surface area contributed by atoms with E-state index in [1.165, 1.54) is 0 Å². The van der Waals surface area contributed by atoms with Crippen molar-refractivity contribution in [1.29, 1.82) is 0 Å². The fourth-order valence-electron chi connectivity index (χ4n) is 0.459. The number of halogens is 2. The van der Waals surface area contributed by atoms with Gasteiger partial charge in [-0.05, 0) is 18.1 Å². The smallest absolute Gasteiger partial charge is 0.0217 e. The molecule has 0 radical (unpaired) electrons. The van der Waals surface area contributed by atoms with Crippen LogP contribution in [-0.4, -0.2) is 0 Å². The Bertz CT molecular complexity index is 190. The van der Waals surface area contributed by atoms with Gasteiger partial charge in [0.1, 0.15) is 0 Å². The van der Waals surface area contributed by atoms with Crippen molar-refractivity contribution in [2.24, 2.45) is 5.92 Å². The van der Waals surface area contributed by atoms with Gasteiger partial charge >= 0.3 is 0 Å². The third kappa shape index (κ3) is 5.28. The predicted molar refractivity (Wildman–Crippen MR) is 56.0 cm³/mol. The zero-order valence-electron chi connectivity index (χ0n) is 6.77. The van der Waals surface area contributed by atoms with Gasteiger partial charge in [-0.1, -0.05) is 54.0 Å². The van der Waals surface area contributed by atoms with Crippen LogP contribution in [0, 0.1) is 5.92 Å². The van der Waals surface area contributed by atoms with Crippen LogP contribution >= 0.6 is 27.5 Å². The second kappa shape index (κ2) is 5.62. The highest BCUT2D eigenvalue weighted by Crippen LogP contribution is 2.19. The summed E-state index contributed by atoms with van der Waals surface area (Å²) >= 11 is 9.24. The maximum atomic E-state index is 5.90. The van der Waals surface area contributed by atoms with E-state index in [0.29, 0.717) is 5.92 Å². The Labute approximate surface area is 81.8 Å². The third-order valence-corrected chi connectivity index (χ3v) is 2.14. The van der Waals surface area contributed by atoms with Gasteiger partial charge in [0.25, 0.3) is 0 Å². The van der Waals surface area contributed by atoms with Gasteiger partial charge in [0, 0.05) is 9.51 Å². The summed E-state index contributed by atoms with van der Waals surface area (Å²) in [7, 11) is 0. The fourth-order valence-corrected chi connectivity index (χ4v) is 1.14. The summed E-state index contributed by atoms with van der Waals surface area (Å²) in [6.45, 7) is 7.67. The highest BCUT2D eigenvalue weighted by molar-refractivity contribution is 9.11. The molecule has 0 spiro atoms. The van der Waals surface area contributed by atoms with Crippen LogP contribution in [0.15, 0.2) is 34.3 Å². The van der Waals surface area contributed by atoms with Gasteiger partial charge in [0.2, 0.25) is 0 Å². The summed E-state index contributed by atoms with van der Waals surface area (Å²) in [5.74, 6) is 0.377. The molecule has 2 heteroatoms. The normalized spacial score (nSPS) is 13.9. The Morgan fingerprint density at radius 1 is 1.55 bits per heavy atom. The molecule has 0 aliphatic heterocycles. The summed E-state index contributed by atoms with van der Waals surface area (Å²) < 4.78 is 0.950. The van der Waals surface area contributed by atoms with E-state index < -0.39 is 0 Å². The molecule has 11 heavy (non-hydrogen) atoms. The van der Waals surface area contributed by atoms with Gasteiger partial charge in [-0.25, -0.2) is 0 Å². The summed E-state index contributed by atoms with van der Waals surface area (Å²) in [6, 6.07) is 0. The average molecular weight is 236 g/mol. The lowest BCUT2D eigenvalue weighted by Crippen LogP contribution is -1.84. The molecule has 0 rings (SSSR count). The lowest BCUT2D eigenvalue weighted by atomic mass is 10.2. The molecule has 0 saturated carbocycles. The standard InChI is InChI=1S/C9H12BrCl/c1-4-5-8(10)6-9(11)7(2)3/h4-7H,1H2,2-3H3/b8-5+,9-6+. The van der Waals surface area contributed by atoms with Crippen LogP contribution in [0.4, 0.5) is 0 Å². The van der Waals surface area contributed by atoms with E-state index in [-0.39, 0.29) is 0 Å². The molecule has 0 heterocycles. The molecule has 0 N–H and O–H groups in total. The van der Waals surface area contributed by atoms with Crippen LogP contribution in [-0.2, 0) is 0 Å². The molecule has 0 aliphatic rings.